The predicted molar refractivity (Wildman–Crippen MR) is 75.7 cm³/mol. The molecule has 98 valence electrons. The van der Waals surface area contributed by atoms with E-state index in [2.05, 4.69) is 28.9 Å². The SMILES string of the molecule is CC1SCCC1N1CCCCC1C1CCCN1. The van der Waals surface area contributed by atoms with Gasteiger partial charge in [-0.05, 0) is 50.9 Å². The third-order valence-corrected chi connectivity index (χ3v) is 6.23. The molecule has 0 aromatic rings. The Bertz CT molecular complexity index is 253. The van der Waals surface area contributed by atoms with Crippen LogP contribution >= 0.6 is 11.8 Å². The maximum Gasteiger partial charge on any atom is 0.0252 e. The van der Waals surface area contributed by atoms with E-state index in [0.29, 0.717) is 0 Å². The smallest absolute Gasteiger partial charge is 0.0252 e. The molecule has 2 nitrogen and oxygen atoms in total. The molecule has 3 aliphatic rings. The van der Waals surface area contributed by atoms with Gasteiger partial charge in [0.25, 0.3) is 0 Å². The molecule has 3 saturated heterocycles. The number of hydrogen-bond donors (Lipinski definition) is 1. The summed E-state index contributed by atoms with van der Waals surface area (Å²) in [6.07, 6.45) is 8.55. The second-order valence-electron chi connectivity index (χ2n) is 5.94. The Kier molecular flexibility index (Phi) is 3.98. The van der Waals surface area contributed by atoms with Gasteiger partial charge in [-0.3, -0.25) is 4.90 Å². The van der Waals surface area contributed by atoms with Crippen LogP contribution in [0.15, 0.2) is 0 Å². The number of nitrogens with zero attached hydrogens (tertiary/aromatic N) is 1. The third kappa shape index (κ3) is 2.52. The summed E-state index contributed by atoms with van der Waals surface area (Å²) in [6.45, 7) is 5.05. The normalized spacial score (nSPS) is 44.3. The highest BCUT2D eigenvalue weighted by molar-refractivity contribution is 8.00. The maximum absolute atomic E-state index is 3.75. The van der Waals surface area contributed by atoms with Gasteiger partial charge in [0.1, 0.15) is 0 Å². The van der Waals surface area contributed by atoms with Gasteiger partial charge in [0, 0.05) is 23.4 Å². The molecule has 0 radical (unpaired) electrons. The molecule has 3 heteroatoms. The molecular formula is C14H26N2S. The zero-order valence-corrected chi connectivity index (χ0v) is 11.8. The molecule has 3 heterocycles. The van der Waals surface area contributed by atoms with Crippen molar-refractivity contribution in [3.63, 3.8) is 0 Å². The van der Waals surface area contributed by atoms with Gasteiger partial charge in [-0.15, -0.1) is 0 Å². The lowest BCUT2D eigenvalue weighted by atomic mass is 9.91. The Morgan fingerprint density at radius 2 is 2.00 bits per heavy atom. The molecule has 3 fully saturated rings. The van der Waals surface area contributed by atoms with E-state index in [1.54, 1.807) is 0 Å². The number of thioether (sulfide) groups is 1. The highest BCUT2D eigenvalue weighted by Gasteiger charge is 2.38. The van der Waals surface area contributed by atoms with Gasteiger partial charge in [0.05, 0.1) is 0 Å². The molecule has 0 amide bonds. The molecule has 0 bridgehead atoms. The van der Waals surface area contributed by atoms with E-state index < -0.39 is 0 Å². The fourth-order valence-electron chi connectivity index (χ4n) is 4.02. The van der Waals surface area contributed by atoms with Crippen LogP contribution in [0.25, 0.3) is 0 Å². The molecule has 0 aromatic carbocycles. The van der Waals surface area contributed by atoms with E-state index in [4.69, 9.17) is 0 Å². The average Bonchev–Trinajstić information content (AvgIpc) is 3.00. The molecule has 0 spiro atoms. The van der Waals surface area contributed by atoms with E-state index >= 15 is 0 Å². The lowest BCUT2D eigenvalue weighted by molar-refractivity contribution is 0.0746. The van der Waals surface area contributed by atoms with Crippen molar-refractivity contribution in [2.45, 2.75) is 68.8 Å². The summed E-state index contributed by atoms with van der Waals surface area (Å²) < 4.78 is 0. The quantitative estimate of drug-likeness (QED) is 0.815. The molecule has 0 saturated carbocycles. The third-order valence-electron chi connectivity index (χ3n) is 4.92. The number of likely N-dealkylation sites (tertiary alicyclic amines) is 1. The number of rotatable bonds is 2. The van der Waals surface area contributed by atoms with Crippen LogP contribution in [0.2, 0.25) is 0 Å². The van der Waals surface area contributed by atoms with Crippen molar-refractivity contribution in [1.29, 1.82) is 0 Å². The van der Waals surface area contributed by atoms with Crippen molar-refractivity contribution < 1.29 is 0 Å². The summed E-state index contributed by atoms with van der Waals surface area (Å²) >= 11 is 2.18. The Morgan fingerprint density at radius 1 is 1.06 bits per heavy atom. The van der Waals surface area contributed by atoms with Crippen molar-refractivity contribution in [3.05, 3.63) is 0 Å². The first-order valence-electron chi connectivity index (χ1n) is 7.47. The minimum absolute atomic E-state index is 0.799. The first kappa shape index (κ1) is 12.3. The van der Waals surface area contributed by atoms with Crippen LogP contribution in [-0.4, -0.2) is 47.1 Å². The molecular weight excluding hydrogens is 228 g/mol. The van der Waals surface area contributed by atoms with Gasteiger partial charge in [0.2, 0.25) is 0 Å². The van der Waals surface area contributed by atoms with E-state index in [0.717, 1.165) is 23.4 Å². The standard InChI is InChI=1S/C14H26N2S/c1-11-13(7-10-17-11)16-9-3-2-6-14(16)12-5-4-8-15-12/h11-15H,2-10H2,1H3. The Balaban J connectivity index is 1.70. The van der Waals surface area contributed by atoms with Crippen LogP contribution < -0.4 is 5.32 Å². The summed E-state index contributed by atoms with van der Waals surface area (Å²) in [5.41, 5.74) is 0. The summed E-state index contributed by atoms with van der Waals surface area (Å²) in [7, 11) is 0. The molecule has 0 aromatic heterocycles. The summed E-state index contributed by atoms with van der Waals surface area (Å²) in [5.74, 6) is 1.38. The van der Waals surface area contributed by atoms with Gasteiger partial charge in [0.15, 0.2) is 0 Å². The van der Waals surface area contributed by atoms with Crippen LogP contribution in [0, 0.1) is 0 Å². The van der Waals surface area contributed by atoms with Gasteiger partial charge in [-0.25, -0.2) is 0 Å². The fourth-order valence-corrected chi connectivity index (χ4v) is 5.28. The zero-order chi connectivity index (χ0) is 11.7. The lowest BCUT2D eigenvalue weighted by Gasteiger charge is -2.44. The summed E-state index contributed by atoms with van der Waals surface area (Å²) in [6, 6.07) is 2.51. The highest BCUT2D eigenvalue weighted by atomic mass is 32.2. The number of piperidine rings is 1. The molecule has 3 rings (SSSR count). The molecule has 4 atom stereocenters. The Hall–Kier alpha value is 0.270. The van der Waals surface area contributed by atoms with Gasteiger partial charge < -0.3 is 5.32 Å². The van der Waals surface area contributed by atoms with Gasteiger partial charge in [-0.1, -0.05) is 13.3 Å². The lowest BCUT2D eigenvalue weighted by Crippen LogP contribution is -2.55. The molecule has 3 aliphatic heterocycles. The topological polar surface area (TPSA) is 15.3 Å². The van der Waals surface area contributed by atoms with Gasteiger partial charge in [-0.2, -0.15) is 11.8 Å². The number of hydrogen-bond acceptors (Lipinski definition) is 3. The van der Waals surface area contributed by atoms with E-state index in [1.807, 2.05) is 0 Å². The van der Waals surface area contributed by atoms with Crippen molar-refractivity contribution in [1.82, 2.24) is 10.2 Å². The van der Waals surface area contributed by atoms with Crippen LogP contribution in [0.4, 0.5) is 0 Å². The van der Waals surface area contributed by atoms with Crippen LogP contribution in [0.1, 0.15) is 45.4 Å². The maximum atomic E-state index is 3.75. The summed E-state index contributed by atoms with van der Waals surface area (Å²) in [5, 5.41) is 4.60. The second kappa shape index (κ2) is 5.50. The first-order valence-corrected chi connectivity index (χ1v) is 8.52. The van der Waals surface area contributed by atoms with Crippen molar-refractivity contribution in [3.8, 4) is 0 Å². The number of nitrogens with one attached hydrogen (secondary N) is 1. The Labute approximate surface area is 110 Å². The minimum atomic E-state index is 0.799. The van der Waals surface area contributed by atoms with Crippen molar-refractivity contribution >= 4 is 11.8 Å². The zero-order valence-electron chi connectivity index (χ0n) is 11.0. The highest BCUT2D eigenvalue weighted by Crippen LogP contribution is 2.35. The minimum Gasteiger partial charge on any atom is -0.312 e. The first-order chi connectivity index (χ1) is 8.36. The predicted octanol–water partition coefficient (Wildman–Crippen LogP) is 2.49. The van der Waals surface area contributed by atoms with E-state index in [9.17, 15) is 0 Å². The average molecular weight is 254 g/mol. The molecule has 4 unspecified atom stereocenters. The Morgan fingerprint density at radius 3 is 2.71 bits per heavy atom. The van der Waals surface area contributed by atoms with Crippen LogP contribution in [0.3, 0.4) is 0 Å². The molecule has 17 heavy (non-hydrogen) atoms. The largest absolute Gasteiger partial charge is 0.312 e. The van der Waals surface area contributed by atoms with E-state index in [-0.39, 0.29) is 0 Å². The van der Waals surface area contributed by atoms with Gasteiger partial charge >= 0.3 is 0 Å². The second-order valence-corrected chi connectivity index (χ2v) is 7.42. The monoisotopic (exact) mass is 254 g/mol. The molecule has 0 aliphatic carbocycles. The fraction of sp³-hybridized carbons (Fsp3) is 1.00. The van der Waals surface area contributed by atoms with Crippen LogP contribution in [-0.2, 0) is 0 Å². The van der Waals surface area contributed by atoms with E-state index in [1.165, 1.54) is 57.4 Å². The van der Waals surface area contributed by atoms with Crippen molar-refractivity contribution in [2.24, 2.45) is 0 Å². The summed E-state index contributed by atoms with van der Waals surface area (Å²) in [4.78, 5) is 2.89. The van der Waals surface area contributed by atoms with Crippen LogP contribution in [0.5, 0.6) is 0 Å². The van der Waals surface area contributed by atoms with Crippen molar-refractivity contribution in [2.75, 3.05) is 18.8 Å². The molecule has 1 N–H and O–H groups in total.